The van der Waals surface area contributed by atoms with Crippen molar-refractivity contribution < 1.29 is 23.5 Å². The third-order valence-corrected chi connectivity index (χ3v) is 3.83. The number of hydrazone groups is 1. The lowest BCUT2D eigenvalue weighted by atomic mass is 10.2. The minimum absolute atomic E-state index is 0.202. The Morgan fingerprint density at radius 1 is 1.48 bits per heavy atom. The van der Waals surface area contributed by atoms with Gasteiger partial charge in [-0.05, 0) is 18.2 Å². The molecule has 9 heteroatoms. The van der Waals surface area contributed by atoms with E-state index in [1.54, 1.807) is 18.3 Å². The lowest BCUT2D eigenvalue weighted by Gasteiger charge is -2.20. The molecule has 2 aliphatic rings. The summed E-state index contributed by atoms with van der Waals surface area (Å²) in [6, 6.07) is 4.49. The second-order valence-corrected chi connectivity index (χ2v) is 5.69. The molecule has 0 radical (unpaired) electrons. The average Bonchev–Trinajstić information content (AvgIpc) is 2.78. The number of hydrogen-bond donors (Lipinski definition) is 1. The second-order valence-electron chi connectivity index (χ2n) is 5.69. The van der Waals surface area contributed by atoms with Crippen molar-refractivity contribution in [1.82, 2.24) is 5.32 Å². The zero-order chi connectivity index (χ0) is 17.8. The molecule has 8 nitrogen and oxygen atoms in total. The van der Waals surface area contributed by atoms with Crippen molar-refractivity contribution in [3.8, 4) is 0 Å². The first-order valence-electron chi connectivity index (χ1n) is 7.94. The molecule has 0 saturated carbocycles. The zero-order valence-electron chi connectivity index (χ0n) is 13.8. The summed E-state index contributed by atoms with van der Waals surface area (Å²) in [5.74, 6) is -0.693. The van der Waals surface area contributed by atoms with Crippen LogP contribution in [0, 0.1) is 5.82 Å². The van der Waals surface area contributed by atoms with E-state index in [0.717, 1.165) is 0 Å². The van der Waals surface area contributed by atoms with Crippen molar-refractivity contribution >= 4 is 29.6 Å². The van der Waals surface area contributed by atoms with E-state index >= 15 is 0 Å². The van der Waals surface area contributed by atoms with Gasteiger partial charge in [0.1, 0.15) is 11.9 Å². The van der Waals surface area contributed by atoms with Gasteiger partial charge in [-0.2, -0.15) is 5.10 Å². The van der Waals surface area contributed by atoms with Crippen LogP contribution in [0.2, 0.25) is 0 Å². The normalized spacial score (nSPS) is 20.4. The zero-order valence-corrected chi connectivity index (χ0v) is 13.8. The molecule has 0 aromatic heterocycles. The fraction of sp³-hybridized carbons (Fsp3) is 0.438. The number of hydrogen-bond acceptors (Lipinski definition) is 6. The Bertz CT molecular complexity index is 697. The smallest absolute Gasteiger partial charge is 0.414 e. The molecule has 1 atom stereocenters. The maximum absolute atomic E-state index is 14.5. The predicted octanol–water partition coefficient (Wildman–Crippen LogP) is 1.11. The highest BCUT2D eigenvalue weighted by Crippen LogP contribution is 2.28. The second kappa shape index (κ2) is 7.47. The molecule has 1 saturated heterocycles. The number of cyclic esters (lactones) is 1. The Hall–Kier alpha value is -2.68. The van der Waals surface area contributed by atoms with Gasteiger partial charge in [0.15, 0.2) is 0 Å². The van der Waals surface area contributed by atoms with Gasteiger partial charge in [-0.25, -0.2) is 9.18 Å². The number of nitrogens with one attached hydrogen (secondary N) is 1. The molecule has 1 aromatic carbocycles. The molecule has 0 spiro atoms. The minimum Gasteiger partial charge on any atom is -0.442 e. The van der Waals surface area contributed by atoms with Crippen molar-refractivity contribution in [2.24, 2.45) is 5.10 Å². The van der Waals surface area contributed by atoms with Crippen molar-refractivity contribution in [2.75, 3.05) is 42.8 Å². The molecule has 1 aromatic rings. The van der Waals surface area contributed by atoms with E-state index in [4.69, 9.17) is 9.47 Å². The van der Waals surface area contributed by atoms with E-state index in [1.165, 1.54) is 22.9 Å². The molecule has 2 heterocycles. The van der Waals surface area contributed by atoms with Crippen LogP contribution in [0.4, 0.5) is 20.6 Å². The molecule has 134 valence electrons. The monoisotopic (exact) mass is 350 g/mol. The van der Waals surface area contributed by atoms with Crippen LogP contribution in [0.15, 0.2) is 23.3 Å². The quantitative estimate of drug-likeness (QED) is 0.879. The van der Waals surface area contributed by atoms with E-state index in [2.05, 4.69) is 10.4 Å². The third kappa shape index (κ3) is 4.05. The van der Waals surface area contributed by atoms with Gasteiger partial charge >= 0.3 is 6.09 Å². The van der Waals surface area contributed by atoms with Gasteiger partial charge in [-0.3, -0.25) is 14.7 Å². The van der Waals surface area contributed by atoms with Gasteiger partial charge in [0.05, 0.1) is 50.4 Å². The number of anilines is 2. The van der Waals surface area contributed by atoms with E-state index in [9.17, 15) is 14.0 Å². The van der Waals surface area contributed by atoms with Crippen LogP contribution in [0.3, 0.4) is 0 Å². The minimum atomic E-state index is -0.566. The fourth-order valence-corrected chi connectivity index (χ4v) is 2.63. The Kier molecular flexibility index (Phi) is 5.13. The molecule has 1 N–H and O–H groups in total. The van der Waals surface area contributed by atoms with Crippen molar-refractivity contribution in [1.29, 1.82) is 0 Å². The summed E-state index contributed by atoms with van der Waals surface area (Å²) in [5, 5.41) is 8.27. The summed E-state index contributed by atoms with van der Waals surface area (Å²) >= 11 is 0. The SMILES string of the molecule is CC(=O)NCC1CN(c2ccc(N3CCOCC=N3)c(F)c2)C(=O)O1. The summed E-state index contributed by atoms with van der Waals surface area (Å²) in [6.07, 6.45) is 0.542. The Labute approximate surface area is 144 Å². The number of rotatable bonds is 4. The van der Waals surface area contributed by atoms with Gasteiger partial charge < -0.3 is 14.8 Å². The van der Waals surface area contributed by atoms with Gasteiger partial charge in [0, 0.05) is 6.92 Å². The number of halogens is 1. The summed E-state index contributed by atoms with van der Waals surface area (Å²) in [7, 11) is 0. The lowest BCUT2D eigenvalue weighted by Crippen LogP contribution is -2.33. The first kappa shape index (κ1) is 17.2. The molecule has 0 aliphatic carbocycles. The Balaban J connectivity index is 1.72. The van der Waals surface area contributed by atoms with E-state index in [0.29, 0.717) is 31.1 Å². The lowest BCUT2D eigenvalue weighted by molar-refractivity contribution is -0.119. The highest BCUT2D eigenvalue weighted by Gasteiger charge is 2.32. The molecule has 3 rings (SSSR count). The summed E-state index contributed by atoms with van der Waals surface area (Å²) in [6.45, 7) is 3.14. The fourth-order valence-electron chi connectivity index (χ4n) is 2.63. The average molecular weight is 350 g/mol. The van der Waals surface area contributed by atoms with Crippen LogP contribution in [0.5, 0.6) is 0 Å². The topological polar surface area (TPSA) is 83.5 Å². The molecule has 0 bridgehead atoms. The Morgan fingerprint density at radius 2 is 2.32 bits per heavy atom. The number of ether oxygens (including phenoxy) is 2. The number of benzene rings is 1. The Morgan fingerprint density at radius 3 is 3.08 bits per heavy atom. The maximum atomic E-state index is 14.5. The van der Waals surface area contributed by atoms with Gasteiger partial charge in [0.25, 0.3) is 0 Å². The maximum Gasteiger partial charge on any atom is 0.414 e. The van der Waals surface area contributed by atoms with Crippen LogP contribution in [-0.2, 0) is 14.3 Å². The molecular weight excluding hydrogens is 331 g/mol. The van der Waals surface area contributed by atoms with Crippen molar-refractivity contribution in [3.63, 3.8) is 0 Å². The van der Waals surface area contributed by atoms with Crippen LogP contribution >= 0.6 is 0 Å². The standard InChI is InChI=1S/C16H19FN4O4/c1-11(22)18-9-13-10-20(16(23)25-13)12-2-3-15(14(17)8-12)21-5-7-24-6-4-19-21/h2-4,8,13H,5-7,9-10H2,1H3,(H,18,22). The number of carbonyl (C=O) groups excluding carboxylic acids is 2. The predicted molar refractivity (Wildman–Crippen MR) is 89.4 cm³/mol. The third-order valence-electron chi connectivity index (χ3n) is 3.83. The molecule has 1 unspecified atom stereocenters. The molecular formula is C16H19FN4O4. The number of carbonyl (C=O) groups is 2. The van der Waals surface area contributed by atoms with E-state index < -0.39 is 18.0 Å². The van der Waals surface area contributed by atoms with Gasteiger partial charge in [-0.1, -0.05) is 0 Å². The van der Waals surface area contributed by atoms with Crippen LogP contribution in [0.1, 0.15) is 6.92 Å². The molecule has 2 aliphatic heterocycles. The van der Waals surface area contributed by atoms with Gasteiger partial charge in [-0.15, -0.1) is 0 Å². The first-order valence-corrected chi connectivity index (χ1v) is 7.94. The van der Waals surface area contributed by atoms with E-state index in [-0.39, 0.29) is 19.0 Å². The molecule has 2 amide bonds. The van der Waals surface area contributed by atoms with Crippen molar-refractivity contribution in [2.45, 2.75) is 13.0 Å². The van der Waals surface area contributed by atoms with Crippen LogP contribution < -0.4 is 15.2 Å². The first-order chi connectivity index (χ1) is 12.0. The van der Waals surface area contributed by atoms with Crippen LogP contribution in [0.25, 0.3) is 0 Å². The molecule has 25 heavy (non-hydrogen) atoms. The molecule has 1 fully saturated rings. The number of nitrogens with zero attached hydrogens (tertiary/aromatic N) is 3. The van der Waals surface area contributed by atoms with Crippen LogP contribution in [-0.4, -0.2) is 57.2 Å². The van der Waals surface area contributed by atoms with E-state index in [1.807, 2.05) is 0 Å². The summed E-state index contributed by atoms with van der Waals surface area (Å²) in [4.78, 5) is 24.3. The number of amides is 2. The highest BCUT2D eigenvalue weighted by molar-refractivity contribution is 5.90. The van der Waals surface area contributed by atoms with Crippen molar-refractivity contribution in [3.05, 3.63) is 24.0 Å². The largest absolute Gasteiger partial charge is 0.442 e. The van der Waals surface area contributed by atoms with Gasteiger partial charge in [0.2, 0.25) is 5.91 Å². The summed E-state index contributed by atoms with van der Waals surface area (Å²) in [5.41, 5.74) is 0.708. The highest BCUT2D eigenvalue weighted by atomic mass is 19.1. The summed E-state index contributed by atoms with van der Waals surface area (Å²) < 4.78 is 24.9.